The summed E-state index contributed by atoms with van der Waals surface area (Å²) in [6.07, 6.45) is 2.00. The van der Waals surface area contributed by atoms with Crippen LogP contribution in [0.2, 0.25) is 0 Å². The van der Waals surface area contributed by atoms with Gasteiger partial charge in [-0.05, 0) is 17.9 Å². The standard InChI is InChI=1S/C15H24N2O3S/c1-13(2)9-10-16-15(18)12-17(21(3,19)20)11-14-7-5-4-6-8-14/h4-8,13H,9-12H2,1-3H3,(H,16,18). The van der Waals surface area contributed by atoms with E-state index in [1.54, 1.807) is 0 Å². The Bertz CT molecular complexity index is 541. The fourth-order valence-corrected chi connectivity index (χ4v) is 2.53. The number of amides is 1. The molecule has 0 atom stereocenters. The summed E-state index contributed by atoms with van der Waals surface area (Å²) in [5, 5.41) is 2.76. The van der Waals surface area contributed by atoms with Gasteiger partial charge in [-0.25, -0.2) is 8.42 Å². The van der Waals surface area contributed by atoms with Crippen LogP contribution in [0.15, 0.2) is 30.3 Å². The van der Waals surface area contributed by atoms with Crippen LogP contribution >= 0.6 is 0 Å². The highest BCUT2D eigenvalue weighted by atomic mass is 32.2. The van der Waals surface area contributed by atoms with E-state index in [0.717, 1.165) is 18.2 Å². The van der Waals surface area contributed by atoms with Crippen LogP contribution in [0, 0.1) is 5.92 Å². The monoisotopic (exact) mass is 312 g/mol. The first-order chi connectivity index (χ1) is 9.79. The van der Waals surface area contributed by atoms with Crippen molar-refractivity contribution in [1.82, 2.24) is 9.62 Å². The summed E-state index contributed by atoms with van der Waals surface area (Å²) in [6.45, 7) is 4.78. The molecule has 0 radical (unpaired) electrons. The van der Waals surface area contributed by atoms with Gasteiger partial charge < -0.3 is 5.32 Å². The largest absolute Gasteiger partial charge is 0.355 e. The summed E-state index contributed by atoms with van der Waals surface area (Å²) in [7, 11) is -3.43. The number of rotatable bonds is 8. The zero-order valence-corrected chi connectivity index (χ0v) is 13.7. The average Bonchev–Trinajstić information content (AvgIpc) is 2.37. The fraction of sp³-hybridized carbons (Fsp3) is 0.533. The molecule has 1 rings (SSSR count). The van der Waals surface area contributed by atoms with Crippen LogP contribution in [0.25, 0.3) is 0 Å². The third kappa shape index (κ3) is 7.24. The van der Waals surface area contributed by atoms with Gasteiger partial charge in [-0.3, -0.25) is 4.79 Å². The molecule has 0 bridgehead atoms. The Morgan fingerprint density at radius 2 is 1.86 bits per heavy atom. The number of hydrogen-bond donors (Lipinski definition) is 1. The summed E-state index contributed by atoms with van der Waals surface area (Å²) >= 11 is 0. The van der Waals surface area contributed by atoms with Crippen LogP contribution in [0.4, 0.5) is 0 Å². The van der Waals surface area contributed by atoms with Gasteiger partial charge in [0, 0.05) is 13.1 Å². The lowest BCUT2D eigenvalue weighted by Crippen LogP contribution is -2.40. The van der Waals surface area contributed by atoms with Crippen LogP contribution in [-0.4, -0.2) is 38.0 Å². The maximum absolute atomic E-state index is 11.9. The van der Waals surface area contributed by atoms with E-state index in [4.69, 9.17) is 0 Å². The minimum absolute atomic E-state index is 0.147. The van der Waals surface area contributed by atoms with Crippen LogP contribution in [-0.2, 0) is 21.4 Å². The summed E-state index contributed by atoms with van der Waals surface area (Å²) < 4.78 is 24.8. The molecule has 0 unspecified atom stereocenters. The van der Waals surface area contributed by atoms with Crippen LogP contribution < -0.4 is 5.32 Å². The quantitative estimate of drug-likeness (QED) is 0.793. The van der Waals surface area contributed by atoms with Crippen molar-refractivity contribution in [2.45, 2.75) is 26.8 Å². The number of sulfonamides is 1. The second-order valence-corrected chi connectivity index (χ2v) is 7.53. The predicted molar refractivity (Wildman–Crippen MR) is 84.2 cm³/mol. The molecule has 1 amide bonds. The first-order valence-corrected chi connectivity index (χ1v) is 8.89. The molecule has 1 N–H and O–H groups in total. The molecule has 6 heteroatoms. The van der Waals surface area contributed by atoms with E-state index in [1.807, 2.05) is 30.3 Å². The molecule has 0 aromatic heterocycles. The van der Waals surface area contributed by atoms with Gasteiger partial charge in [0.25, 0.3) is 0 Å². The van der Waals surface area contributed by atoms with E-state index in [0.29, 0.717) is 12.5 Å². The molecule has 0 aliphatic heterocycles. The second-order valence-electron chi connectivity index (χ2n) is 5.55. The fourth-order valence-electron chi connectivity index (χ4n) is 1.79. The molecule has 0 saturated carbocycles. The minimum Gasteiger partial charge on any atom is -0.355 e. The van der Waals surface area contributed by atoms with E-state index in [-0.39, 0.29) is 19.0 Å². The Morgan fingerprint density at radius 3 is 2.38 bits per heavy atom. The van der Waals surface area contributed by atoms with Gasteiger partial charge in [0.05, 0.1) is 12.8 Å². The zero-order chi connectivity index (χ0) is 15.9. The SMILES string of the molecule is CC(C)CCNC(=O)CN(Cc1ccccc1)S(C)(=O)=O. The minimum atomic E-state index is -3.43. The molecule has 1 aromatic carbocycles. The lowest BCUT2D eigenvalue weighted by Gasteiger charge is -2.19. The Morgan fingerprint density at radius 1 is 1.24 bits per heavy atom. The number of hydrogen-bond acceptors (Lipinski definition) is 3. The third-order valence-corrected chi connectivity index (χ3v) is 4.23. The Labute approximate surface area is 127 Å². The Kier molecular flexibility index (Phi) is 6.84. The molecule has 5 nitrogen and oxygen atoms in total. The second kappa shape index (κ2) is 8.14. The van der Waals surface area contributed by atoms with Crippen molar-refractivity contribution < 1.29 is 13.2 Å². The highest BCUT2D eigenvalue weighted by Crippen LogP contribution is 2.08. The number of nitrogens with zero attached hydrogens (tertiary/aromatic N) is 1. The molecule has 0 saturated heterocycles. The highest BCUT2D eigenvalue weighted by Gasteiger charge is 2.20. The average molecular weight is 312 g/mol. The van der Waals surface area contributed by atoms with Gasteiger partial charge >= 0.3 is 0 Å². The van der Waals surface area contributed by atoms with Gasteiger partial charge in [-0.2, -0.15) is 4.31 Å². The van der Waals surface area contributed by atoms with Crippen molar-refractivity contribution in [3.05, 3.63) is 35.9 Å². The predicted octanol–water partition coefficient (Wildman–Crippen LogP) is 1.61. The molecule has 0 aliphatic carbocycles. The normalized spacial score (nSPS) is 11.9. The number of carbonyl (C=O) groups excluding carboxylic acids is 1. The lowest BCUT2D eigenvalue weighted by molar-refractivity contribution is -0.121. The highest BCUT2D eigenvalue weighted by molar-refractivity contribution is 7.88. The molecule has 0 fully saturated rings. The Hall–Kier alpha value is -1.40. The van der Waals surface area contributed by atoms with Crippen LogP contribution in [0.3, 0.4) is 0 Å². The molecule has 1 aromatic rings. The van der Waals surface area contributed by atoms with Gasteiger partial charge in [0.2, 0.25) is 15.9 Å². The van der Waals surface area contributed by atoms with Crippen LogP contribution in [0.5, 0.6) is 0 Å². The van der Waals surface area contributed by atoms with E-state index >= 15 is 0 Å². The van der Waals surface area contributed by atoms with Gasteiger partial charge in [0.15, 0.2) is 0 Å². The molecule has 118 valence electrons. The molecular formula is C15H24N2O3S. The van der Waals surface area contributed by atoms with E-state index < -0.39 is 10.0 Å². The van der Waals surface area contributed by atoms with Gasteiger partial charge in [-0.15, -0.1) is 0 Å². The maximum Gasteiger partial charge on any atom is 0.235 e. The summed E-state index contributed by atoms with van der Waals surface area (Å²) in [6, 6.07) is 9.24. The van der Waals surface area contributed by atoms with Crippen molar-refractivity contribution >= 4 is 15.9 Å². The van der Waals surface area contributed by atoms with Gasteiger partial charge in [-0.1, -0.05) is 44.2 Å². The summed E-state index contributed by atoms with van der Waals surface area (Å²) in [5.74, 6) is 0.234. The molecule has 0 aliphatic rings. The molecule has 0 spiro atoms. The third-order valence-electron chi connectivity index (χ3n) is 3.03. The first kappa shape index (κ1) is 17.7. The smallest absolute Gasteiger partial charge is 0.235 e. The Balaban J connectivity index is 2.61. The van der Waals surface area contributed by atoms with Crippen molar-refractivity contribution in [2.24, 2.45) is 5.92 Å². The number of carbonyl (C=O) groups is 1. The molecule has 0 heterocycles. The number of nitrogens with one attached hydrogen (secondary N) is 1. The topological polar surface area (TPSA) is 66.5 Å². The van der Waals surface area contributed by atoms with Crippen molar-refractivity contribution in [1.29, 1.82) is 0 Å². The first-order valence-electron chi connectivity index (χ1n) is 7.05. The van der Waals surface area contributed by atoms with Crippen molar-refractivity contribution in [3.8, 4) is 0 Å². The lowest BCUT2D eigenvalue weighted by atomic mass is 10.1. The summed E-state index contributed by atoms with van der Waals surface area (Å²) in [5.41, 5.74) is 0.859. The maximum atomic E-state index is 11.9. The van der Waals surface area contributed by atoms with E-state index in [9.17, 15) is 13.2 Å². The van der Waals surface area contributed by atoms with Gasteiger partial charge in [0.1, 0.15) is 0 Å². The zero-order valence-electron chi connectivity index (χ0n) is 12.9. The van der Waals surface area contributed by atoms with E-state index in [2.05, 4.69) is 19.2 Å². The van der Waals surface area contributed by atoms with Crippen LogP contribution in [0.1, 0.15) is 25.8 Å². The van der Waals surface area contributed by atoms with Crippen molar-refractivity contribution in [2.75, 3.05) is 19.3 Å². The van der Waals surface area contributed by atoms with Crippen molar-refractivity contribution in [3.63, 3.8) is 0 Å². The molecule has 21 heavy (non-hydrogen) atoms. The number of benzene rings is 1. The summed E-state index contributed by atoms with van der Waals surface area (Å²) in [4.78, 5) is 11.9. The molecular weight excluding hydrogens is 288 g/mol. The van der Waals surface area contributed by atoms with E-state index in [1.165, 1.54) is 4.31 Å².